The summed E-state index contributed by atoms with van der Waals surface area (Å²) in [5.74, 6) is -0.448. The summed E-state index contributed by atoms with van der Waals surface area (Å²) in [6.07, 6.45) is 4.42. The summed E-state index contributed by atoms with van der Waals surface area (Å²) in [4.78, 5) is 2.05. The van der Waals surface area contributed by atoms with E-state index in [1.54, 1.807) is 18.2 Å². The summed E-state index contributed by atoms with van der Waals surface area (Å²) in [5.41, 5.74) is 0.227. The topological polar surface area (TPSA) is 58.4 Å². The zero-order chi connectivity index (χ0) is 17.3. The molecule has 1 fully saturated rings. The highest BCUT2D eigenvalue weighted by molar-refractivity contribution is 7.89. The average Bonchev–Trinajstić information content (AvgIpc) is 3.22. The van der Waals surface area contributed by atoms with Crippen molar-refractivity contribution in [1.82, 2.24) is 19.0 Å². The molecule has 130 valence electrons. The molecular weight excluding hydrogens is 331 g/mol. The molecule has 0 saturated heterocycles. The van der Waals surface area contributed by atoms with Crippen molar-refractivity contribution in [2.24, 2.45) is 0 Å². The minimum Gasteiger partial charge on any atom is -0.308 e. The Kier molecular flexibility index (Phi) is 4.71. The standard InChI is InChI=1S/C16H21FN4O2S/c1-19(2)9-10-21(13-7-8-13)24(22,23)14-11-18-20(12-14)16-6-4-3-5-15(16)17/h3-6,11-13H,7-10H2,1-2H3. The third-order valence-electron chi connectivity index (χ3n) is 3.99. The quantitative estimate of drug-likeness (QED) is 0.761. The number of benzene rings is 1. The van der Waals surface area contributed by atoms with Crippen LogP contribution in [0, 0.1) is 5.82 Å². The Bertz CT molecular complexity index is 815. The molecule has 0 aliphatic heterocycles. The Morgan fingerprint density at radius 1 is 1.25 bits per heavy atom. The Morgan fingerprint density at radius 3 is 2.58 bits per heavy atom. The van der Waals surface area contributed by atoms with Crippen molar-refractivity contribution >= 4 is 10.0 Å². The molecule has 0 bridgehead atoms. The number of likely N-dealkylation sites (N-methyl/N-ethyl adjacent to an activating group) is 1. The molecule has 1 aliphatic rings. The van der Waals surface area contributed by atoms with Gasteiger partial charge in [-0.2, -0.15) is 9.40 Å². The second-order valence-electron chi connectivity index (χ2n) is 6.22. The summed E-state index contributed by atoms with van der Waals surface area (Å²) in [5, 5.41) is 4.03. The number of aromatic nitrogens is 2. The van der Waals surface area contributed by atoms with Gasteiger partial charge in [0.25, 0.3) is 0 Å². The number of para-hydroxylation sites is 1. The fraction of sp³-hybridized carbons (Fsp3) is 0.438. The van der Waals surface area contributed by atoms with Gasteiger partial charge in [0.1, 0.15) is 16.4 Å². The molecule has 1 aliphatic carbocycles. The lowest BCUT2D eigenvalue weighted by Crippen LogP contribution is -2.38. The van der Waals surface area contributed by atoms with E-state index < -0.39 is 15.8 Å². The van der Waals surface area contributed by atoms with E-state index in [0.29, 0.717) is 13.1 Å². The molecule has 0 amide bonds. The Balaban J connectivity index is 1.88. The molecule has 1 aromatic heterocycles. The lowest BCUT2D eigenvalue weighted by atomic mass is 10.3. The Hall–Kier alpha value is -1.77. The second-order valence-corrected chi connectivity index (χ2v) is 8.11. The maximum atomic E-state index is 13.9. The molecule has 6 nitrogen and oxygen atoms in total. The van der Waals surface area contributed by atoms with Crippen LogP contribution in [0.15, 0.2) is 41.6 Å². The van der Waals surface area contributed by atoms with Gasteiger partial charge in [-0.25, -0.2) is 17.5 Å². The van der Waals surface area contributed by atoms with E-state index in [9.17, 15) is 12.8 Å². The third-order valence-corrected chi connectivity index (χ3v) is 5.89. The van der Waals surface area contributed by atoms with Crippen molar-refractivity contribution < 1.29 is 12.8 Å². The predicted octanol–water partition coefficient (Wildman–Crippen LogP) is 1.73. The highest BCUT2D eigenvalue weighted by Crippen LogP contribution is 2.32. The molecule has 0 unspecified atom stereocenters. The van der Waals surface area contributed by atoms with E-state index in [4.69, 9.17) is 0 Å². The van der Waals surface area contributed by atoms with Gasteiger partial charge in [0.05, 0.1) is 12.4 Å². The molecule has 0 atom stereocenters. The predicted molar refractivity (Wildman–Crippen MR) is 89.0 cm³/mol. The number of halogens is 1. The van der Waals surface area contributed by atoms with E-state index in [0.717, 1.165) is 12.8 Å². The van der Waals surface area contributed by atoms with Gasteiger partial charge in [-0.05, 0) is 39.1 Å². The van der Waals surface area contributed by atoms with E-state index in [1.165, 1.54) is 27.4 Å². The number of hydrogen-bond donors (Lipinski definition) is 0. The highest BCUT2D eigenvalue weighted by Gasteiger charge is 2.38. The van der Waals surface area contributed by atoms with Crippen LogP contribution >= 0.6 is 0 Å². The van der Waals surface area contributed by atoms with Crippen LogP contribution in [0.25, 0.3) is 5.69 Å². The zero-order valence-corrected chi connectivity index (χ0v) is 14.6. The van der Waals surface area contributed by atoms with Gasteiger partial charge in [-0.1, -0.05) is 12.1 Å². The molecule has 3 rings (SSSR count). The molecule has 0 radical (unpaired) electrons. The molecule has 1 aromatic carbocycles. The SMILES string of the molecule is CN(C)CCN(C1CC1)S(=O)(=O)c1cnn(-c2ccccc2F)c1. The van der Waals surface area contributed by atoms with Crippen LogP contribution in [0.4, 0.5) is 4.39 Å². The number of sulfonamides is 1. The molecule has 24 heavy (non-hydrogen) atoms. The van der Waals surface area contributed by atoms with Crippen molar-refractivity contribution in [3.05, 3.63) is 42.5 Å². The fourth-order valence-electron chi connectivity index (χ4n) is 2.50. The normalized spacial score (nSPS) is 15.4. The van der Waals surface area contributed by atoms with Crippen LogP contribution in [0.5, 0.6) is 0 Å². The molecule has 1 saturated carbocycles. The van der Waals surface area contributed by atoms with Gasteiger partial charge < -0.3 is 4.90 Å². The van der Waals surface area contributed by atoms with Gasteiger partial charge in [-0.15, -0.1) is 0 Å². The molecule has 2 aromatic rings. The van der Waals surface area contributed by atoms with Crippen LogP contribution in [0.3, 0.4) is 0 Å². The molecule has 0 N–H and O–H groups in total. The first-order valence-corrected chi connectivity index (χ1v) is 9.30. The summed E-state index contributed by atoms with van der Waals surface area (Å²) < 4.78 is 42.5. The largest absolute Gasteiger partial charge is 0.308 e. The second kappa shape index (κ2) is 6.62. The van der Waals surface area contributed by atoms with E-state index in [2.05, 4.69) is 5.10 Å². The van der Waals surface area contributed by atoms with Crippen LogP contribution in [-0.2, 0) is 10.0 Å². The van der Waals surface area contributed by atoms with Crippen molar-refractivity contribution in [1.29, 1.82) is 0 Å². The average molecular weight is 352 g/mol. The summed E-state index contributed by atoms with van der Waals surface area (Å²) >= 11 is 0. The monoisotopic (exact) mass is 352 g/mol. The van der Waals surface area contributed by atoms with Gasteiger partial charge in [0, 0.05) is 19.1 Å². The van der Waals surface area contributed by atoms with Crippen LogP contribution in [0.2, 0.25) is 0 Å². The van der Waals surface area contributed by atoms with Crippen LogP contribution < -0.4 is 0 Å². The number of rotatable bonds is 7. The first-order valence-electron chi connectivity index (χ1n) is 7.86. The molecule has 1 heterocycles. The van der Waals surface area contributed by atoms with E-state index >= 15 is 0 Å². The van der Waals surface area contributed by atoms with Crippen LogP contribution in [0.1, 0.15) is 12.8 Å². The van der Waals surface area contributed by atoms with Gasteiger partial charge in [-0.3, -0.25) is 0 Å². The van der Waals surface area contributed by atoms with Crippen molar-refractivity contribution in [3.63, 3.8) is 0 Å². The lowest BCUT2D eigenvalue weighted by Gasteiger charge is -2.22. The number of hydrogen-bond acceptors (Lipinski definition) is 4. The Labute approximate surface area is 141 Å². The lowest BCUT2D eigenvalue weighted by molar-refractivity contribution is 0.328. The van der Waals surface area contributed by atoms with E-state index in [1.807, 2.05) is 19.0 Å². The first-order chi connectivity index (χ1) is 11.4. The summed E-state index contributed by atoms with van der Waals surface area (Å²) in [6.45, 7) is 1.09. The minimum absolute atomic E-state index is 0.0618. The highest BCUT2D eigenvalue weighted by atomic mass is 32.2. The third kappa shape index (κ3) is 3.50. The van der Waals surface area contributed by atoms with Crippen molar-refractivity contribution in [3.8, 4) is 5.69 Å². The van der Waals surface area contributed by atoms with Gasteiger partial charge >= 0.3 is 0 Å². The van der Waals surface area contributed by atoms with Gasteiger partial charge in [0.15, 0.2) is 0 Å². The minimum atomic E-state index is -3.63. The van der Waals surface area contributed by atoms with Crippen LogP contribution in [-0.4, -0.2) is 60.6 Å². The maximum absolute atomic E-state index is 13.9. The molecule has 8 heteroatoms. The van der Waals surface area contributed by atoms with Crippen molar-refractivity contribution in [2.75, 3.05) is 27.2 Å². The summed E-state index contributed by atoms with van der Waals surface area (Å²) in [6, 6.07) is 6.20. The smallest absolute Gasteiger partial charge is 0.246 e. The van der Waals surface area contributed by atoms with Gasteiger partial charge in [0.2, 0.25) is 10.0 Å². The zero-order valence-electron chi connectivity index (χ0n) is 13.8. The fourth-order valence-corrected chi connectivity index (χ4v) is 4.11. The van der Waals surface area contributed by atoms with E-state index in [-0.39, 0.29) is 16.6 Å². The number of nitrogens with zero attached hydrogens (tertiary/aromatic N) is 4. The molecular formula is C16H21FN4O2S. The molecule has 0 spiro atoms. The Morgan fingerprint density at radius 2 is 1.96 bits per heavy atom. The summed E-state index contributed by atoms with van der Waals surface area (Å²) in [7, 11) is 0.189. The first kappa shape index (κ1) is 17.1. The van der Waals surface area contributed by atoms with Crippen molar-refractivity contribution in [2.45, 2.75) is 23.8 Å². The maximum Gasteiger partial charge on any atom is 0.246 e.